The third-order valence-corrected chi connectivity index (χ3v) is 2.61. The van der Waals surface area contributed by atoms with Crippen molar-refractivity contribution >= 4 is 11.7 Å². The van der Waals surface area contributed by atoms with Crippen LogP contribution in [-0.2, 0) is 11.8 Å². The van der Waals surface area contributed by atoms with E-state index in [2.05, 4.69) is 5.32 Å². The fourth-order valence-corrected chi connectivity index (χ4v) is 1.52. The van der Waals surface area contributed by atoms with Gasteiger partial charge in [0.05, 0.1) is 13.1 Å². The molecular weight excluding hydrogens is 218 g/mol. The lowest BCUT2D eigenvalue weighted by Crippen LogP contribution is -2.38. The summed E-state index contributed by atoms with van der Waals surface area (Å²) in [4.78, 5) is 25.0. The Morgan fingerprint density at radius 3 is 2.59 bits per heavy atom. The van der Waals surface area contributed by atoms with E-state index in [1.165, 1.54) is 0 Å². The maximum Gasteiger partial charge on any atom is 0.233 e. The van der Waals surface area contributed by atoms with Crippen molar-refractivity contribution < 1.29 is 9.59 Å². The average Bonchev–Trinajstić information content (AvgIpc) is 2.74. The zero-order valence-electron chi connectivity index (χ0n) is 10.6. The summed E-state index contributed by atoms with van der Waals surface area (Å²) in [6, 6.07) is 1.79. The van der Waals surface area contributed by atoms with Crippen molar-refractivity contribution in [1.82, 2.24) is 14.8 Å². The quantitative estimate of drug-likeness (QED) is 0.723. The minimum atomic E-state index is -0.0762. The molecule has 1 amide bonds. The van der Waals surface area contributed by atoms with Crippen LogP contribution < -0.4 is 5.32 Å². The molecule has 1 aromatic rings. The van der Waals surface area contributed by atoms with E-state index < -0.39 is 0 Å². The molecule has 0 aliphatic carbocycles. The van der Waals surface area contributed by atoms with E-state index >= 15 is 0 Å². The molecule has 94 valence electrons. The minimum Gasteiger partial charge on any atom is -0.358 e. The molecule has 0 aliphatic rings. The molecule has 1 N–H and O–H groups in total. The number of aromatic nitrogens is 1. The summed E-state index contributed by atoms with van der Waals surface area (Å²) in [5.74, 6) is -0.0379. The smallest absolute Gasteiger partial charge is 0.233 e. The van der Waals surface area contributed by atoms with Gasteiger partial charge in [0.25, 0.3) is 0 Å². The lowest BCUT2D eigenvalue weighted by atomic mass is 10.2. The Balaban J connectivity index is 2.56. The molecule has 0 aliphatic heterocycles. The van der Waals surface area contributed by atoms with Crippen LogP contribution in [0, 0.1) is 0 Å². The summed E-state index contributed by atoms with van der Waals surface area (Å²) in [6.45, 7) is 3.13. The molecule has 1 aromatic heterocycles. The Morgan fingerprint density at radius 2 is 2.12 bits per heavy atom. The zero-order valence-corrected chi connectivity index (χ0v) is 10.6. The Hall–Kier alpha value is -1.62. The second-order valence-electron chi connectivity index (χ2n) is 3.97. The number of likely N-dealkylation sites (N-methyl/N-ethyl adjacent to an activating group) is 2. The number of nitrogens with zero attached hydrogens (tertiary/aromatic N) is 2. The molecule has 0 saturated carbocycles. The summed E-state index contributed by atoms with van der Waals surface area (Å²) in [5.41, 5.74) is 0.683. The van der Waals surface area contributed by atoms with Crippen LogP contribution in [0.4, 0.5) is 0 Å². The van der Waals surface area contributed by atoms with Gasteiger partial charge in [0, 0.05) is 32.1 Å². The first-order valence-corrected chi connectivity index (χ1v) is 5.65. The molecule has 0 atom stereocenters. The molecule has 5 heteroatoms. The van der Waals surface area contributed by atoms with Gasteiger partial charge in [-0.05, 0) is 12.6 Å². The van der Waals surface area contributed by atoms with E-state index in [9.17, 15) is 9.59 Å². The average molecular weight is 237 g/mol. The molecule has 1 rings (SSSR count). The van der Waals surface area contributed by atoms with Gasteiger partial charge in [-0.1, -0.05) is 6.92 Å². The highest BCUT2D eigenvalue weighted by Crippen LogP contribution is 2.02. The number of nitrogens with one attached hydrogen (secondary N) is 1. The van der Waals surface area contributed by atoms with Crippen LogP contribution in [-0.4, -0.2) is 47.8 Å². The Morgan fingerprint density at radius 1 is 1.41 bits per heavy atom. The van der Waals surface area contributed by atoms with Gasteiger partial charge in [-0.15, -0.1) is 0 Å². The maximum absolute atomic E-state index is 11.9. The second kappa shape index (κ2) is 6.20. The van der Waals surface area contributed by atoms with Gasteiger partial charge in [0.1, 0.15) is 0 Å². The van der Waals surface area contributed by atoms with Gasteiger partial charge in [-0.3, -0.25) is 14.5 Å². The molecule has 0 radical (unpaired) electrons. The van der Waals surface area contributed by atoms with Gasteiger partial charge < -0.3 is 9.88 Å². The zero-order chi connectivity index (χ0) is 12.8. The lowest BCUT2D eigenvalue weighted by molar-refractivity contribution is -0.121. The molecular formula is C12H19N3O2. The maximum atomic E-state index is 11.9. The second-order valence-corrected chi connectivity index (χ2v) is 3.97. The van der Waals surface area contributed by atoms with Crippen LogP contribution in [0.5, 0.6) is 0 Å². The third-order valence-electron chi connectivity index (χ3n) is 2.61. The first-order valence-electron chi connectivity index (χ1n) is 5.65. The normalized spacial score (nSPS) is 10.6. The number of amides is 1. The number of hydrogen-bond acceptors (Lipinski definition) is 3. The number of carbonyl (C=O) groups is 2. The summed E-state index contributed by atoms with van der Waals surface area (Å²) in [7, 11) is 3.47. The van der Waals surface area contributed by atoms with Gasteiger partial charge in [0.2, 0.25) is 5.91 Å². The molecule has 17 heavy (non-hydrogen) atoms. The predicted octanol–water partition coefficient (Wildman–Crippen LogP) is 0.276. The van der Waals surface area contributed by atoms with Crippen LogP contribution in [0.25, 0.3) is 0 Å². The van der Waals surface area contributed by atoms with Gasteiger partial charge >= 0.3 is 0 Å². The van der Waals surface area contributed by atoms with Gasteiger partial charge in [-0.25, -0.2) is 0 Å². The number of rotatable bonds is 6. The lowest BCUT2D eigenvalue weighted by Gasteiger charge is -2.17. The van der Waals surface area contributed by atoms with Gasteiger partial charge in [-0.2, -0.15) is 0 Å². The Bertz CT molecular complexity index is 398. The molecule has 0 aromatic carbocycles. The third kappa shape index (κ3) is 4.03. The number of aryl methyl sites for hydroxylation is 1. The summed E-state index contributed by atoms with van der Waals surface area (Å²) in [6.07, 6.45) is 3.62. The molecule has 0 bridgehead atoms. The van der Waals surface area contributed by atoms with E-state index in [1.54, 1.807) is 19.3 Å². The first kappa shape index (κ1) is 13.4. The standard InChI is InChI=1S/C12H19N3O2/c1-4-15(9-12(17)13-2)8-11(16)10-5-6-14(3)7-10/h5-7H,4,8-9H2,1-3H3,(H,13,17). The highest BCUT2D eigenvalue weighted by molar-refractivity contribution is 5.97. The van der Waals surface area contributed by atoms with Crippen molar-refractivity contribution in [2.45, 2.75) is 6.92 Å². The molecule has 1 heterocycles. The number of Topliss-reactive ketones (excluding diaryl/α,β-unsaturated/α-hetero) is 1. The molecule has 0 spiro atoms. The van der Waals surface area contributed by atoms with Crippen molar-refractivity contribution in [3.63, 3.8) is 0 Å². The number of ketones is 1. The monoisotopic (exact) mass is 237 g/mol. The fourth-order valence-electron chi connectivity index (χ4n) is 1.52. The molecule has 0 unspecified atom stereocenters. The predicted molar refractivity (Wildman–Crippen MR) is 65.9 cm³/mol. The van der Waals surface area contributed by atoms with Crippen molar-refractivity contribution in [1.29, 1.82) is 0 Å². The van der Waals surface area contributed by atoms with Crippen LogP contribution in [0.15, 0.2) is 18.5 Å². The minimum absolute atomic E-state index is 0.0383. The highest BCUT2D eigenvalue weighted by Gasteiger charge is 2.14. The van der Waals surface area contributed by atoms with E-state index in [-0.39, 0.29) is 24.8 Å². The molecule has 5 nitrogen and oxygen atoms in total. The summed E-state index contributed by atoms with van der Waals surface area (Å²) < 4.78 is 1.84. The number of hydrogen-bond donors (Lipinski definition) is 1. The number of carbonyl (C=O) groups excluding carboxylic acids is 2. The van der Waals surface area contributed by atoms with Crippen molar-refractivity contribution in [3.8, 4) is 0 Å². The van der Waals surface area contributed by atoms with Crippen LogP contribution in [0.1, 0.15) is 17.3 Å². The van der Waals surface area contributed by atoms with Crippen LogP contribution in [0.3, 0.4) is 0 Å². The van der Waals surface area contributed by atoms with E-state index in [0.717, 1.165) is 0 Å². The van der Waals surface area contributed by atoms with Crippen molar-refractivity contribution in [2.24, 2.45) is 7.05 Å². The first-order chi connectivity index (χ1) is 8.06. The largest absolute Gasteiger partial charge is 0.358 e. The van der Waals surface area contributed by atoms with Crippen molar-refractivity contribution in [2.75, 3.05) is 26.7 Å². The van der Waals surface area contributed by atoms with E-state index in [4.69, 9.17) is 0 Å². The molecule has 0 saturated heterocycles. The highest BCUT2D eigenvalue weighted by atomic mass is 16.2. The Labute approximate surface area is 101 Å². The SMILES string of the molecule is CCN(CC(=O)NC)CC(=O)c1ccn(C)c1. The Kier molecular flexibility index (Phi) is 4.90. The van der Waals surface area contributed by atoms with Crippen LogP contribution in [0.2, 0.25) is 0 Å². The van der Waals surface area contributed by atoms with E-state index in [1.807, 2.05) is 29.6 Å². The van der Waals surface area contributed by atoms with Gasteiger partial charge in [0.15, 0.2) is 5.78 Å². The summed E-state index contributed by atoms with van der Waals surface area (Å²) in [5, 5.41) is 2.55. The van der Waals surface area contributed by atoms with Crippen molar-refractivity contribution in [3.05, 3.63) is 24.0 Å². The topological polar surface area (TPSA) is 54.3 Å². The summed E-state index contributed by atoms with van der Waals surface area (Å²) >= 11 is 0. The van der Waals surface area contributed by atoms with E-state index in [0.29, 0.717) is 12.1 Å². The van der Waals surface area contributed by atoms with Crippen LogP contribution >= 0.6 is 0 Å². The molecule has 0 fully saturated rings. The fraction of sp³-hybridized carbons (Fsp3) is 0.500.